The zero-order chi connectivity index (χ0) is 12.3. The van der Waals surface area contributed by atoms with Crippen LogP contribution in [0.25, 0.3) is 0 Å². The Labute approximate surface area is 101 Å². The molecule has 0 amide bonds. The molecule has 3 N–H and O–H groups in total. The lowest BCUT2D eigenvalue weighted by atomic mass is 9.77. The Morgan fingerprint density at radius 1 is 1.47 bits per heavy atom. The van der Waals surface area contributed by atoms with Gasteiger partial charge in [0.25, 0.3) is 0 Å². The lowest BCUT2D eigenvalue weighted by Gasteiger charge is -2.32. The number of carbonyl (C=O) groups is 1. The van der Waals surface area contributed by atoms with Gasteiger partial charge in [0.15, 0.2) is 0 Å². The molecule has 2 rings (SSSR count). The molecule has 4 heteroatoms. The van der Waals surface area contributed by atoms with Crippen LogP contribution in [0.1, 0.15) is 37.3 Å². The predicted molar refractivity (Wildman–Crippen MR) is 65.7 cm³/mol. The summed E-state index contributed by atoms with van der Waals surface area (Å²) in [4.78, 5) is 14.0. The van der Waals surface area contributed by atoms with Crippen molar-refractivity contribution in [3.63, 3.8) is 0 Å². The number of aromatic nitrogens is 1. The zero-order valence-electron chi connectivity index (χ0n) is 10.1. The summed E-state index contributed by atoms with van der Waals surface area (Å²) in [5.74, 6) is -0.215. The molecule has 1 unspecified atom stereocenters. The lowest BCUT2D eigenvalue weighted by molar-refractivity contribution is -0.143. The summed E-state index contributed by atoms with van der Waals surface area (Å²) in [5.41, 5.74) is 1.27. The van der Waals surface area contributed by atoms with Crippen LogP contribution < -0.4 is 5.32 Å². The Morgan fingerprint density at radius 2 is 2.18 bits per heavy atom. The Hall–Kier alpha value is -1.29. The smallest absolute Gasteiger partial charge is 0.306 e. The Morgan fingerprint density at radius 3 is 2.65 bits per heavy atom. The summed E-state index contributed by atoms with van der Waals surface area (Å²) in [6.45, 7) is 0. The molecule has 94 valence electrons. The second kappa shape index (κ2) is 5.36. The van der Waals surface area contributed by atoms with E-state index in [1.807, 2.05) is 19.4 Å². The van der Waals surface area contributed by atoms with Crippen molar-refractivity contribution in [2.45, 2.75) is 31.7 Å². The number of aliphatic carboxylic acids is 1. The summed E-state index contributed by atoms with van der Waals surface area (Å²) in [6.07, 6.45) is 7.56. The zero-order valence-corrected chi connectivity index (χ0v) is 10.1. The number of H-pyrrole nitrogens is 1. The molecular weight excluding hydrogens is 216 g/mol. The number of rotatable bonds is 4. The summed E-state index contributed by atoms with van der Waals surface area (Å²) in [5, 5.41) is 12.3. The fourth-order valence-electron chi connectivity index (χ4n) is 2.90. The second-order valence-corrected chi connectivity index (χ2v) is 4.86. The average molecular weight is 236 g/mol. The third kappa shape index (κ3) is 2.69. The van der Waals surface area contributed by atoms with Crippen LogP contribution in [0.3, 0.4) is 0 Å². The van der Waals surface area contributed by atoms with Gasteiger partial charge in [-0.15, -0.1) is 0 Å². The van der Waals surface area contributed by atoms with E-state index in [4.69, 9.17) is 5.11 Å². The Balaban J connectivity index is 1.97. The van der Waals surface area contributed by atoms with Gasteiger partial charge in [-0.3, -0.25) is 4.79 Å². The van der Waals surface area contributed by atoms with Gasteiger partial charge in [0.2, 0.25) is 0 Å². The highest BCUT2D eigenvalue weighted by Crippen LogP contribution is 2.36. The van der Waals surface area contributed by atoms with Crippen molar-refractivity contribution in [2.75, 3.05) is 7.05 Å². The summed E-state index contributed by atoms with van der Waals surface area (Å²) in [7, 11) is 1.97. The van der Waals surface area contributed by atoms with Crippen molar-refractivity contribution < 1.29 is 9.90 Å². The van der Waals surface area contributed by atoms with Gasteiger partial charge in [0, 0.05) is 18.4 Å². The quantitative estimate of drug-likeness (QED) is 0.750. The van der Waals surface area contributed by atoms with Crippen LogP contribution in [-0.2, 0) is 4.79 Å². The van der Waals surface area contributed by atoms with Gasteiger partial charge in [0.1, 0.15) is 0 Å². The summed E-state index contributed by atoms with van der Waals surface area (Å²) in [6, 6.07) is 2.43. The molecule has 0 aromatic carbocycles. The molecule has 1 fully saturated rings. The van der Waals surface area contributed by atoms with Crippen LogP contribution in [0.2, 0.25) is 0 Å². The van der Waals surface area contributed by atoms with E-state index in [2.05, 4.69) is 16.4 Å². The molecule has 1 aromatic heterocycles. The van der Waals surface area contributed by atoms with E-state index in [0.29, 0.717) is 12.0 Å². The number of carboxylic acids is 1. The monoisotopic (exact) mass is 236 g/mol. The Kier molecular flexibility index (Phi) is 3.84. The first-order chi connectivity index (χ1) is 8.22. The molecule has 4 nitrogen and oxygen atoms in total. The fraction of sp³-hybridized carbons (Fsp3) is 0.615. The topological polar surface area (TPSA) is 65.1 Å². The van der Waals surface area contributed by atoms with Gasteiger partial charge in [-0.2, -0.15) is 0 Å². The molecule has 0 spiro atoms. The van der Waals surface area contributed by atoms with E-state index in [1.54, 1.807) is 0 Å². The van der Waals surface area contributed by atoms with Crippen molar-refractivity contribution in [3.8, 4) is 0 Å². The third-order valence-corrected chi connectivity index (χ3v) is 3.88. The van der Waals surface area contributed by atoms with Gasteiger partial charge in [-0.1, -0.05) is 0 Å². The standard InChI is InChI=1S/C13H20N2O2/c1-14-12(11-6-7-15-8-11)9-2-4-10(5-3-9)13(16)17/h6-10,12,14-15H,2-5H2,1H3,(H,16,17). The number of aromatic amines is 1. The van der Waals surface area contributed by atoms with E-state index >= 15 is 0 Å². The van der Waals surface area contributed by atoms with Gasteiger partial charge in [-0.05, 0) is 50.3 Å². The van der Waals surface area contributed by atoms with Gasteiger partial charge in [-0.25, -0.2) is 0 Å². The molecule has 1 heterocycles. The summed E-state index contributed by atoms with van der Waals surface area (Å²) < 4.78 is 0. The highest BCUT2D eigenvalue weighted by atomic mass is 16.4. The second-order valence-electron chi connectivity index (χ2n) is 4.86. The predicted octanol–water partition coefficient (Wildman–Crippen LogP) is 2.17. The van der Waals surface area contributed by atoms with Gasteiger partial charge >= 0.3 is 5.97 Å². The molecule has 17 heavy (non-hydrogen) atoms. The van der Waals surface area contributed by atoms with Crippen LogP contribution in [0, 0.1) is 11.8 Å². The number of hydrogen-bond donors (Lipinski definition) is 3. The first-order valence-corrected chi connectivity index (χ1v) is 6.25. The largest absolute Gasteiger partial charge is 0.481 e. The van der Waals surface area contributed by atoms with E-state index in [9.17, 15) is 4.79 Å². The minimum absolute atomic E-state index is 0.130. The summed E-state index contributed by atoms with van der Waals surface area (Å²) >= 11 is 0. The normalized spacial score (nSPS) is 26.6. The van der Waals surface area contributed by atoms with E-state index in [-0.39, 0.29) is 5.92 Å². The lowest BCUT2D eigenvalue weighted by Crippen LogP contribution is -2.30. The van der Waals surface area contributed by atoms with Crippen LogP contribution in [0.5, 0.6) is 0 Å². The maximum Gasteiger partial charge on any atom is 0.306 e. The van der Waals surface area contributed by atoms with Gasteiger partial charge < -0.3 is 15.4 Å². The molecule has 1 atom stereocenters. The van der Waals surface area contributed by atoms with Crippen molar-refractivity contribution in [1.29, 1.82) is 0 Å². The average Bonchev–Trinajstić information content (AvgIpc) is 2.84. The first kappa shape index (κ1) is 12.2. The number of hydrogen-bond acceptors (Lipinski definition) is 2. The maximum atomic E-state index is 10.9. The molecule has 1 aliphatic carbocycles. The highest BCUT2D eigenvalue weighted by molar-refractivity contribution is 5.70. The van der Waals surface area contributed by atoms with Gasteiger partial charge in [0.05, 0.1) is 5.92 Å². The molecule has 0 bridgehead atoms. The SMILES string of the molecule is CNC(c1cc[nH]c1)C1CCC(C(=O)O)CC1. The van der Waals surface area contributed by atoms with E-state index < -0.39 is 5.97 Å². The molecule has 1 saturated carbocycles. The van der Waals surface area contributed by atoms with Crippen LogP contribution in [0.15, 0.2) is 18.5 Å². The minimum Gasteiger partial charge on any atom is -0.481 e. The first-order valence-electron chi connectivity index (χ1n) is 6.25. The van der Waals surface area contributed by atoms with Crippen molar-refractivity contribution in [1.82, 2.24) is 10.3 Å². The van der Waals surface area contributed by atoms with Crippen LogP contribution >= 0.6 is 0 Å². The third-order valence-electron chi connectivity index (χ3n) is 3.88. The van der Waals surface area contributed by atoms with Crippen molar-refractivity contribution >= 4 is 5.97 Å². The number of nitrogens with one attached hydrogen (secondary N) is 2. The molecule has 1 aliphatic rings. The molecule has 0 aliphatic heterocycles. The van der Waals surface area contributed by atoms with Crippen LogP contribution in [-0.4, -0.2) is 23.1 Å². The maximum absolute atomic E-state index is 10.9. The Bertz CT molecular complexity index is 354. The molecule has 0 radical (unpaired) electrons. The molecular formula is C13H20N2O2. The molecule has 0 saturated heterocycles. The van der Waals surface area contributed by atoms with Crippen molar-refractivity contribution in [3.05, 3.63) is 24.0 Å². The van der Waals surface area contributed by atoms with E-state index in [1.165, 1.54) is 5.56 Å². The fourth-order valence-corrected chi connectivity index (χ4v) is 2.90. The van der Waals surface area contributed by atoms with Crippen molar-refractivity contribution in [2.24, 2.45) is 11.8 Å². The number of carboxylic acid groups (broad SMARTS) is 1. The van der Waals surface area contributed by atoms with Crippen LogP contribution in [0.4, 0.5) is 0 Å². The van der Waals surface area contributed by atoms with E-state index in [0.717, 1.165) is 25.7 Å². The highest BCUT2D eigenvalue weighted by Gasteiger charge is 2.30. The molecule has 1 aromatic rings. The minimum atomic E-state index is -0.633.